The molecule has 3 heteroatoms. The number of ether oxygens (including phenoxy) is 1. The summed E-state index contributed by atoms with van der Waals surface area (Å²) in [4.78, 5) is 2.56. The molecule has 0 aromatic rings. The van der Waals surface area contributed by atoms with Gasteiger partial charge < -0.3 is 15.4 Å². The van der Waals surface area contributed by atoms with Crippen LogP contribution in [0.25, 0.3) is 0 Å². The highest BCUT2D eigenvalue weighted by Gasteiger charge is 2.29. The normalized spacial score (nSPS) is 31.9. The van der Waals surface area contributed by atoms with Crippen molar-refractivity contribution in [3.8, 4) is 0 Å². The third-order valence-electron chi connectivity index (χ3n) is 3.84. The summed E-state index contributed by atoms with van der Waals surface area (Å²) in [7, 11) is 0. The smallest absolute Gasteiger partial charge is 0.0478 e. The predicted molar refractivity (Wildman–Crippen MR) is 68.5 cm³/mol. The van der Waals surface area contributed by atoms with Crippen LogP contribution in [0.15, 0.2) is 0 Å². The van der Waals surface area contributed by atoms with Crippen molar-refractivity contribution in [2.24, 2.45) is 11.7 Å². The van der Waals surface area contributed by atoms with Crippen molar-refractivity contribution >= 4 is 0 Å². The van der Waals surface area contributed by atoms with Crippen molar-refractivity contribution in [2.75, 3.05) is 26.3 Å². The number of nitrogens with zero attached hydrogens (tertiary/aromatic N) is 1. The summed E-state index contributed by atoms with van der Waals surface area (Å²) in [6, 6.07) is 1.01. The van der Waals surface area contributed by atoms with Crippen LogP contribution in [0.1, 0.15) is 40.0 Å². The first kappa shape index (κ1) is 13.9. The number of piperidine rings is 1. The molecule has 1 fully saturated rings. The Kier molecular flexibility index (Phi) is 6.32. The van der Waals surface area contributed by atoms with Gasteiger partial charge in [-0.15, -0.1) is 0 Å². The number of rotatable bonds is 6. The molecule has 0 aliphatic carbocycles. The molecule has 1 saturated heterocycles. The number of hydrogen-bond donors (Lipinski definition) is 1. The third-order valence-corrected chi connectivity index (χ3v) is 3.84. The second-order valence-electron chi connectivity index (χ2n) is 5.05. The van der Waals surface area contributed by atoms with E-state index in [9.17, 15) is 0 Å². The molecule has 3 atom stereocenters. The molecule has 0 saturated carbocycles. The van der Waals surface area contributed by atoms with E-state index in [0.29, 0.717) is 18.0 Å². The van der Waals surface area contributed by atoms with Gasteiger partial charge in [0.05, 0.1) is 0 Å². The van der Waals surface area contributed by atoms with Crippen LogP contribution in [0.4, 0.5) is 0 Å². The molecule has 0 radical (unpaired) electrons. The maximum atomic E-state index is 6.07. The summed E-state index contributed by atoms with van der Waals surface area (Å²) in [6.07, 6.45) is 3.40. The van der Waals surface area contributed by atoms with Crippen LogP contribution >= 0.6 is 0 Å². The summed E-state index contributed by atoms with van der Waals surface area (Å²) in [5.41, 5.74) is 6.07. The monoisotopic (exact) mass is 228 g/mol. The number of hydrogen-bond acceptors (Lipinski definition) is 3. The van der Waals surface area contributed by atoms with Gasteiger partial charge >= 0.3 is 0 Å². The van der Waals surface area contributed by atoms with Crippen LogP contribution in [0, 0.1) is 5.92 Å². The van der Waals surface area contributed by atoms with E-state index >= 15 is 0 Å². The number of nitrogens with two attached hydrogens (primary N) is 1. The van der Waals surface area contributed by atoms with Gasteiger partial charge in [-0.25, -0.2) is 0 Å². The maximum absolute atomic E-state index is 6.07. The Balaban J connectivity index is 2.16. The van der Waals surface area contributed by atoms with Gasteiger partial charge in [0.2, 0.25) is 0 Å². The molecule has 96 valence electrons. The van der Waals surface area contributed by atoms with E-state index in [2.05, 4.69) is 25.7 Å². The van der Waals surface area contributed by atoms with E-state index in [1.807, 2.05) is 0 Å². The summed E-state index contributed by atoms with van der Waals surface area (Å²) in [5.74, 6) is 0.616. The van der Waals surface area contributed by atoms with Crippen molar-refractivity contribution in [1.29, 1.82) is 0 Å². The van der Waals surface area contributed by atoms with Crippen LogP contribution in [0.5, 0.6) is 0 Å². The Morgan fingerprint density at radius 3 is 2.75 bits per heavy atom. The zero-order chi connectivity index (χ0) is 12.0. The molecule has 0 amide bonds. The first-order valence-electron chi connectivity index (χ1n) is 6.74. The van der Waals surface area contributed by atoms with E-state index in [1.165, 1.54) is 0 Å². The summed E-state index contributed by atoms with van der Waals surface area (Å²) >= 11 is 0. The molecule has 0 aromatic heterocycles. The number of likely N-dealkylation sites (tertiary alicyclic amines) is 1. The zero-order valence-electron chi connectivity index (χ0n) is 11.1. The SMILES string of the molecule is CCCOCCCN1CCC(N)C(C)C1C. The fourth-order valence-electron chi connectivity index (χ4n) is 2.40. The zero-order valence-corrected chi connectivity index (χ0v) is 11.1. The molecule has 1 aliphatic rings. The molecule has 0 spiro atoms. The Hall–Kier alpha value is -0.120. The molecular weight excluding hydrogens is 200 g/mol. The van der Waals surface area contributed by atoms with Crippen molar-refractivity contribution < 1.29 is 4.74 Å². The Morgan fingerprint density at radius 2 is 2.06 bits per heavy atom. The highest BCUT2D eigenvalue weighted by atomic mass is 16.5. The molecule has 3 nitrogen and oxygen atoms in total. The van der Waals surface area contributed by atoms with Crippen molar-refractivity contribution in [2.45, 2.75) is 52.1 Å². The topological polar surface area (TPSA) is 38.5 Å². The molecule has 16 heavy (non-hydrogen) atoms. The fourth-order valence-corrected chi connectivity index (χ4v) is 2.40. The Bertz CT molecular complexity index is 187. The highest BCUT2D eigenvalue weighted by molar-refractivity contribution is 4.86. The minimum Gasteiger partial charge on any atom is -0.381 e. The minimum atomic E-state index is 0.391. The van der Waals surface area contributed by atoms with E-state index in [4.69, 9.17) is 10.5 Å². The second-order valence-corrected chi connectivity index (χ2v) is 5.05. The predicted octanol–water partition coefficient (Wildman–Crippen LogP) is 1.86. The van der Waals surface area contributed by atoms with Gasteiger partial charge in [-0.05, 0) is 38.6 Å². The van der Waals surface area contributed by atoms with Gasteiger partial charge in [-0.2, -0.15) is 0 Å². The molecule has 1 rings (SSSR count). The van der Waals surface area contributed by atoms with Gasteiger partial charge in [-0.1, -0.05) is 13.8 Å². The average Bonchev–Trinajstić information content (AvgIpc) is 2.28. The van der Waals surface area contributed by atoms with Gasteiger partial charge in [-0.3, -0.25) is 0 Å². The summed E-state index contributed by atoms with van der Waals surface area (Å²) in [6.45, 7) is 10.8. The van der Waals surface area contributed by atoms with Crippen LogP contribution in [-0.4, -0.2) is 43.3 Å². The van der Waals surface area contributed by atoms with Crippen LogP contribution < -0.4 is 5.73 Å². The summed E-state index contributed by atoms with van der Waals surface area (Å²) < 4.78 is 5.51. The second kappa shape index (κ2) is 7.25. The van der Waals surface area contributed by atoms with E-state index in [1.54, 1.807) is 0 Å². The lowest BCUT2D eigenvalue weighted by Crippen LogP contribution is -2.51. The van der Waals surface area contributed by atoms with Gasteiger partial charge in [0.1, 0.15) is 0 Å². The van der Waals surface area contributed by atoms with E-state index in [-0.39, 0.29) is 0 Å². The van der Waals surface area contributed by atoms with E-state index in [0.717, 1.165) is 45.6 Å². The van der Waals surface area contributed by atoms with Crippen LogP contribution in [0.3, 0.4) is 0 Å². The Morgan fingerprint density at radius 1 is 1.31 bits per heavy atom. The van der Waals surface area contributed by atoms with E-state index < -0.39 is 0 Å². The largest absolute Gasteiger partial charge is 0.381 e. The fraction of sp³-hybridized carbons (Fsp3) is 1.00. The van der Waals surface area contributed by atoms with Crippen molar-refractivity contribution in [1.82, 2.24) is 4.90 Å². The minimum absolute atomic E-state index is 0.391. The molecule has 0 aromatic carbocycles. The van der Waals surface area contributed by atoms with Crippen molar-refractivity contribution in [3.63, 3.8) is 0 Å². The van der Waals surface area contributed by atoms with Crippen molar-refractivity contribution in [3.05, 3.63) is 0 Å². The van der Waals surface area contributed by atoms with Gasteiger partial charge in [0, 0.05) is 31.8 Å². The standard InChI is InChI=1S/C13H28N2O/c1-4-9-16-10-5-7-15-8-6-13(14)11(2)12(15)3/h11-13H,4-10,14H2,1-3H3. The average molecular weight is 228 g/mol. The quantitative estimate of drug-likeness (QED) is 0.705. The van der Waals surface area contributed by atoms with Gasteiger partial charge in [0.15, 0.2) is 0 Å². The molecule has 1 aliphatic heterocycles. The lowest BCUT2D eigenvalue weighted by molar-refractivity contribution is 0.0755. The lowest BCUT2D eigenvalue weighted by Gasteiger charge is -2.41. The highest BCUT2D eigenvalue weighted by Crippen LogP contribution is 2.22. The van der Waals surface area contributed by atoms with Crippen LogP contribution in [0.2, 0.25) is 0 Å². The molecule has 0 bridgehead atoms. The van der Waals surface area contributed by atoms with Crippen LogP contribution in [-0.2, 0) is 4.74 Å². The Labute approximate surface area is 100 Å². The molecule has 3 unspecified atom stereocenters. The molecular formula is C13H28N2O. The first-order valence-corrected chi connectivity index (χ1v) is 6.74. The first-order chi connectivity index (χ1) is 7.66. The lowest BCUT2D eigenvalue weighted by atomic mass is 9.87. The molecule has 2 N–H and O–H groups in total. The molecule has 1 heterocycles. The maximum Gasteiger partial charge on any atom is 0.0478 e. The van der Waals surface area contributed by atoms with Gasteiger partial charge in [0.25, 0.3) is 0 Å². The summed E-state index contributed by atoms with van der Waals surface area (Å²) in [5, 5.41) is 0. The third kappa shape index (κ3) is 4.04.